The normalized spacial score (nSPS) is 15.0. The van der Waals surface area contributed by atoms with E-state index >= 15 is 0 Å². The SMILES string of the molecule is CC(CCN)C(N)c1ccc2[nH]c(=O)[nH]c2c1. The largest absolute Gasteiger partial charge is 0.330 e. The Balaban J connectivity index is 2.32. The first kappa shape index (κ1) is 11.9. The van der Waals surface area contributed by atoms with E-state index < -0.39 is 0 Å². The van der Waals surface area contributed by atoms with E-state index in [4.69, 9.17) is 11.5 Å². The van der Waals surface area contributed by atoms with Crippen molar-refractivity contribution in [2.45, 2.75) is 19.4 Å². The Kier molecular flexibility index (Phi) is 3.31. The smallest absolute Gasteiger partial charge is 0.323 e. The predicted molar refractivity (Wildman–Crippen MR) is 68.7 cm³/mol. The van der Waals surface area contributed by atoms with Gasteiger partial charge in [-0.1, -0.05) is 13.0 Å². The van der Waals surface area contributed by atoms with Crippen molar-refractivity contribution >= 4 is 11.0 Å². The number of nitrogens with one attached hydrogen (secondary N) is 2. The Morgan fingerprint density at radius 1 is 1.29 bits per heavy atom. The van der Waals surface area contributed by atoms with Crippen LogP contribution in [-0.4, -0.2) is 16.5 Å². The lowest BCUT2D eigenvalue weighted by Gasteiger charge is -2.19. The molecule has 0 saturated heterocycles. The summed E-state index contributed by atoms with van der Waals surface area (Å²) in [5.41, 5.74) is 14.1. The summed E-state index contributed by atoms with van der Waals surface area (Å²) >= 11 is 0. The topological polar surface area (TPSA) is 101 Å². The standard InChI is InChI=1S/C12H18N4O/c1-7(4-5-13)11(14)8-2-3-9-10(6-8)16-12(17)15-9/h2-3,6-7,11H,4-5,13-14H2,1H3,(H2,15,16,17). The van der Waals surface area contributed by atoms with Crippen LogP contribution in [0.4, 0.5) is 0 Å². The first-order chi connectivity index (χ1) is 8.11. The molecule has 0 amide bonds. The number of imidazole rings is 1. The van der Waals surface area contributed by atoms with E-state index in [0.29, 0.717) is 12.5 Å². The summed E-state index contributed by atoms with van der Waals surface area (Å²) in [4.78, 5) is 16.6. The zero-order chi connectivity index (χ0) is 12.4. The lowest BCUT2D eigenvalue weighted by atomic mass is 9.92. The van der Waals surface area contributed by atoms with Gasteiger partial charge in [-0.05, 0) is 36.6 Å². The van der Waals surface area contributed by atoms with Gasteiger partial charge in [0.2, 0.25) is 0 Å². The molecule has 0 radical (unpaired) electrons. The molecular weight excluding hydrogens is 216 g/mol. The maximum atomic E-state index is 11.1. The molecule has 0 aliphatic heterocycles. The monoisotopic (exact) mass is 234 g/mol. The first-order valence-electron chi connectivity index (χ1n) is 5.79. The van der Waals surface area contributed by atoms with E-state index in [2.05, 4.69) is 16.9 Å². The Hall–Kier alpha value is -1.59. The summed E-state index contributed by atoms with van der Waals surface area (Å²) in [6.45, 7) is 2.72. The quantitative estimate of drug-likeness (QED) is 0.630. The summed E-state index contributed by atoms with van der Waals surface area (Å²) < 4.78 is 0. The van der Waals surface area contributed by atoms with Crippen LogP contribution in [0.2, 0.25) is 0 Å². The molecule has 0 bridgehead atoms. The van der Waals surface area contributed by atoms with Crippen LogP contribution in [0.15, 0.2) is 23.0 Å². The number of hydrogen-bond donors (Lipinski definition) is 4. The number of hydrogen-bond acceptors (Lipinski definition) is 3. The van der Waals surface area contributed by atoms with Crippen LogP contribution in [-0.2, 0) is 0 Å². The summed E-state index contributed by atoms with van der Waals surface area (Å²) in [6, 6.07) is 5.69. The van der Waals surface area contributed by atoms with Gasteiger partial charge in [0.1, 0.15) is 0 Å². The van der Waals surface area contributed by atoms with E-state index in [1.165, 1.54) is 0 Å². The highest BCUT2D eigenvalue weighted by molar-refractivity contribution is 5.75. The molecule has 2 atom stereocenters. The van der Waals surface area contributed by atoms with Gasteiger partial charge in [-0.3, -0.25) is 0 Å². The van der Waals surface area contributed by atoms with E-state index in [9.17, 15) is 4.79 Å². The Bertz CT molecular complexity index is 557. The first-order valence-corrected chi connectivity index (χ1v) is 5.79. The van der Waals surface area contributed by atoms with Crippen LogP contribution >= 0.6 is 0 Å². The number of rotatable bonds is 4. The molecule has 0 fully saturated rings. The molecule has 92 valence electrons. The summed E-state index contributed by atoms with van der Waals surface area (Å²) in [5.74, 6) is 0.322. The number of fused-ring (bicyclic) bond motifs is 1. The molecule has 5 nitrogen and oxygen atoms in total. The van der Waals surface area contributed by atoms with Crippen LogP contribution in [0.5, 0.6) is 0 Å². The minimum absolute atomic E-state index is 0.0543. The van der Waals surface area contributed by atoms with Crippen LogP contribution in [0.25, 0.3) is 11.0 Å². The Morgan fingerprint density at radius 3 is 2.71 bits per heavy atom. The fourth-order valence-corrected chi connectivity index (χ4v) is 2.03. The van der Waals surface area contributed by atoms with Crippen molar-refractivity contribution in [3.8, 4) is 0 Å². The van der Waals surface area contributed by atoms with Crippen molar-refractivity contribution in [1.82, 2.24) is 9.97 Å². The lowest BCUT2D eigenvalue weighted by molar-refractivity contribution is 0.444. The second kappa shape index (κ2) is 4.73. The third kappa shape index (κ3) is 2.40. The van der Waals surface area contributed by atoms with Gasteiger partial charge in [0.15, 0.2) is 0 Å². The molecule has 1 heterocycles. The molecule has 0 spiro atoms. The molecule has 5 heteroatoms. The number of aromatic amines is 2. The highest BCUT2D eigenvalue weighted by Crippen LogP contribution is 2.23. The van der Waals surface area contributed by atoms with Gasteiger partial charge in [0, 0.05) is 6.04 Å². The number of benzene rings is 1. The minimum Gasteiger partial charge on any atom is -0.330 e. The summed E-state index contributed by atoms with van der Waals surface area (Å²) in [7, 11) is 0. The third-order valence-electron chi connectivity index (χ3n) is 3.16. The second-order valence-electron chi connectivity index (χ2n) is 4.46. The van der Waals surface area contributed by atoms with Crippen molar-refractivity contribution in [3.05, 3.63) is 34.2 Å². The number of aromatic nitrogens is 2. The van der Waals surface area contributed by atoms with Gasteiger partial charge in [0.05, 0.1) is 11.0 Å². The molecule has 1 aromatic carbocycles. The van der Waals surface area contributed by atoms with Gasteiger partial charge in [-0.2, -0.15) is 0 Å². The molecule has 0 aliphatic carbocycles. The van der Waals surface area contributed by atoms with E-state index in [1.807, 2.05) is 18.2 Å². The minimum atomic E-state index is -0.194. The maximum Gasteiger partial charge on any atom is 0.323 e. The van der Waals surface area contributed by atoms with Crippen molar-refractivity contribution < 1.29 is 0 Å². The summed E-state index contributed by atoms with van der Waals surface area (Å²) in [6.07, 6.45) is 0.892. The molecular formula is C12H18N4O. The van der Waals surface area contributed by atoms with Gasteiger partial charge in [-0.15, -0.1) is 0 Å². The molecule has 0 aliphatic rings. The van der Waals surface area contributed by atoms with E-state index in [1.54, 1.807) is 0 Å². The highest BCUT2D eigenvalue weighted by Gasteiger charge is 2.14. The van der Waals surface area contributed by atoms with Gasteiger partial charge >= 0.3 is 5.69 Å². The maximum absolute atomic E-state index is 11.1. The highest BCUT2D eigenvalue weighted by atomic mass is 16.1. The fraction of sp³-hybridized carbons (Fsp3) is 0.417. The Morgan fingerprint density at radius 2 is 2.00 bits per heavy atom. The van der Waals surface area contributed by atoms with Crippen molar-refractivity contribution in [1.29, 1.82) is 0 Å². The molecule has 0 saturated carbocycles. The van der Waals surface area contributed by atoms with E-state index in [-0.39, 0.29) is 11.7 Å². The van der Waals surface area contributed by atoms with Crippen LogP contribution < -0.4 is 17.2 Å². The van der Waals surface area contributed by atoms with Gasteiger partial charge in [0.25, 0.3) is 0 Å². The average molecular weight is 234 g/mol. The third-order valence-corrected chi connectivity index (χ3v) is 3.16. The number of nitrogens with two attached hydrogens (primary N) is 2. The molecule has 2 aromatic rings. The van der Waals surface area contributed by atoms with Gasteiger partial charge in [-0.25, -0.2) is 4.79 Å². The molecule has 2 unspecified atom stereocenters. The van der Waals surface area contributed by atoms with Crippen molar-refractivity contribution in [3.63, 3.8) is 0 Å². The fourth-order valence-electron chi connectivity index (χ4n) is 2.03. The Labute approximate surface area is 99.2 Å². The van der Waals surface area contributed by atoms with Crippen molar-refractivity contribution in [2.75, 3.05) is 6.54 Å². The molecule has 1 aromatic heterocycles. The molecule has 17 heavy (non-hydrogen) atoms. The van der Waals surface area contributed by atoms with Crippen LogP contribution in [0.1, 0.15) is 24.9 Å². The summed E-state index contributed by atoms with van der Waals surface area (Å²) in [5, 5.41) is 0. The van der Waals surface area contributed by atoms with Crippen molar-refractivity contribution in [2.24, 2.45) is 17.4 Å². The zero-order valence-corrected chi connectivity index (χ0v) is 9.86. The van der Waals surface area contributed by atoms with Crippen LogP contribution in [0, 0.1) is 5.92 Å². The zero-order valence-electron chi connectivity index (χ0n) is 9.86. The van der Waals surface area contributed by atoms with Gasteiger partial charge < -0.3 is 21.4 Å². The molecule has 2 rings (SSSR count). The predicted octanol–water partition coefficient (Wildman–Crippen LogP) is 0.841. The second-order valence-corrected chi connectivity index (χ2v) is 4.46. The average Bonchev–Trinajstić information content (AvgIpc) is 2.67. The number of H-pyrrole nitrogens is 2. The van der Waals surface area contributed by atoms with Crippen LogP contribution in [0.3, 0.4) is 0 Å². The molecule has 6 N–H and O–H groups in total. The lowest BCUT2D eigenvalue weighted by Crippen LogP contribution is -2.21. The van der Waals surface area contributed by atoms with E-state index in [0.717, 1.165) is 23.0 Å².